The van der Waals surface area contributed by atoms with Gasteiger partial charge in [0.1, 0.15) is 5.52 Å². The van der Waals surface area contributed by atoms with Crippen molar-refractivity contribution in [1.29, 1.82) is 0 Å². The minimum Gasteiger partial charge on any atom is -0.442 e. The van der Waals surface area contributed by atoms with Gasteiger partial charge in [-0.1, -0.05) is 19.1 Å². The molecule has 1 atom stereocenters. The number of oxazole rings is 1. The summed E-state index contributed by atoms with van der Waals surface area (Å²) in [5.41, 5.74) is 1.21. The molecule has 2 rings (SSSR count). The average Bonchev–Trinajstić information content (AvgIpc) is 2.87. The lowest BCUT2D eigenvalue weighted by Gasteiger charge is -2.09. The van der Waals surface area contributed by atoms with Gasteiger partial charge in [-0.2, -0.15) is 4.98 Å². The number of hydrogen-bond donors (Lipinski definition) is 1. The smallest absolute Gasteiger partial charge is 0.395 e. The van der Waals surface area contributed by atoms with E-state index in [4.69, 9.17) is 9.15 Å². The van der Waals surface area contributed by atoms with Crippen molar-refractivity contribution in [3.05, 3.63) is 24.3 Å². The molecule has 1 aromatic carbocycles. The van der Waals surface area contributed by atoms with Crippen molar-refractivity contribution in [1.82, 2.24) is 10.3 Å². The van der Waals surface area contributed by atoms with Crippen LogP contribution in [-0.2, 0) is 9.59 Å². The highest BCUT2D eigenvalue weighted by Gasteiger charge is 2.17. The zero-order valence-electron chi connectivity index (χ0n) is 11.4. The lowest BCUT2D eigenvalue weighted by Crippen LogP contribution is -2.39. The summed E-state index contributed by atoms with van der Waals surface area (Å²) >= 11 is 0. The van der Waals surface area contributed by atoms with Crippen LogP contribution in [0.15, 0.2) is 28.7 Å². The van der Waals surface area contributed by atoms with E-state index in [-0.39, 0.29) is 12.1 Å². The summed E-state index contributed by atoms with van der Waals surface area (Å²) in [6, 6.07) is 7.09. The van der Waals surface area contributed by atoms with Crippen LogP contribution in [0.25, 0.3) is 11.1 Å². The summed E-state index contributed by atoms with van der Waals surface area (Å²) < 4.78 is 10.4. The van der Waals surface area contributed by atoms with Gasteiger partial charge in [-0.3, -0.25) is 9.59 Å². The second kappa shape index (κ2) is 6.18. The number of amides is 1. The number of nitrogens with one attached hydrogen (secondary N) is 1. The first-order valence-corrected chi connectivity index (χ1v) is 6.42. The highest BCUT2D eigenvalue weighted by atomic mass is 16.6. The van der Waals surface area contributed by atoms with E-state index in [1.54, 1.807) is 12.1 Å². The number of benzene rings is 1. The fraction of sp³-hybridized carbons (Fsp3) is 0.357. The van der Waals surface area contributed by atoms with Gasteiger partial charge >= 0.3 is 6.08 Å². The minimum atomic E-state index is -0.660. The summed E-state index contributed by atoms with van der Waals surface area (Å²) in [5.74, 6) is -1.32. The zero-order chi connectivity index (χ0) is 14.5. The van der Waals surface area contributed by atoms with Crippen molar-refractivity contribution < 1.29 is 18.7 Å². The zero-order valence-corrected chi connectivity index (χ0v) is 11.4. The molecule has 0 aliphatic heterocycles. The number of carbonyl (C=O) groups is 2. The van der Waals surface area contributed by atoms with Gasteiger partial charge in [0.2, 0.25) is 0 Å². The fourth-order valence-corrected chi connectivity index (χ4v) is 1.51. The van der Waals surface area contributed by atoms with Crippen LogP contribution >= 0.6 is 0 Å². The van der Waals surface area contributed by atoms with Crippen LogP contribution in [0.1, 0.15) is 20.3 Å². The molecule has 0 aliphatic rings. The van der Waals surface area contributed by atoms with E-state index in [9.17, 15) is 9.59 Å². The molecule has 0 fully saturated rings. The Morgan fingerprint density at radius 2 is 2.15 bits per heavy atom. The van der Waals surface area contributed by atoms with Crippen LogP contribution in [0.2, 0.25) is 0 Å². The Bertz CT molecular complexity index is 587. The molecule has 1 N–H and O–H groups in total. The van der Waals surface area contributed by atoms with Gasteiger partial charge in [0.05, 0.1) is 0 Å². The van der Waals surface area contributed by atoms with Gasteiger partial charge in [0, 0.05) is 6.04 Å². The summed E-state index contributed by atoms with van der Waals surface area (Å²) in [6.07, 6.45) is 0.737. The Morgan fingerprint density at radius 1 is 1.40 bits per heavy atom. The van der Waals surface area contributed by atoms with E-state index in [1.165, 1.54) is 0 Å². The van der Waals surface area contributed by atoms with Crippen molar-refractivity contribution in [3.8, 4) is 6.08 Å². The molecule has 106 valence electrons. The summed E-state index contributed by atoms with van der Waals surface area (Å²) in [6.45, 7) is 3.35. The fourth-order valence-electron chi connectivity index (χ4n) is 1.51. The molecule has 1 unspecified atom stereocenters. The normalized spacial score (nSPS) is 12.1. The van der Waals surface area contributed by atoms with Crippen LogP contribution in [0.5, 0.6) is 6.08 Å². The summed E-state index contributed by atoms with van der Waals surface area (Å²) in [4.78, 5) is 27.1. The molecule has 0 aliphatic carbocycles. The number of Topliss-reactive ketones (excluding diaryl/α,β-unsaturated/α-hetero) is 1. The molecule has 0 radical (unpaired) electrons. The quantitative estimate of drug-likeness (QED) is 0.812. The summed E-state index contributed by atoms with van der Waals surface area (Å²) in [5, 5.41) is 2.57. The lowest BCUT2D eigenvalue weighted by atomic mass is 10.2. The molecule has 0 saturated heterocycles. The van der Waals surface area contributed by atoms with Crippen molar-refractivity contribution >= 4 is 22.8 Å². The maximum atomic E-state index is 11.6. The first-order valence-electron chi connectivity index (χ1n) is 6.42. The Kier molecular flexibility index (Phi) is 4.34. The maximum Gasteiger partial charge on any atom is 0.395 e. The predicted octanol–water partition coefficient (Wildman–Crippen LogP) is 1.69. The molecule has 0 bridgehead atoms. The standard InChI is InChI=1S/C14H16N2O4/c1-3-9(2)15-13(18)11(17)8-19-14-16-10-6-4-5-7-12(10)20-14/h4-7,9H,3,8H2,1-2H3,(H,15,18). The number of carbonyl (C=O) groups excluding carboxylic acids is 2. The Balaban J connectivity index is 1.91. The Labute approximate surface area is 116 Å². The molecular weight excluding hydrogens is 260 g/mol. The van der Waals surface area contributed by atoms with Gasteiger partial charge in [0.25, 0.3) is 11.7 Å². The van der Waals surface area contributed by atoms with Crippen molar-refractivity contribution in [2.24, 2.45) is 0 Å². The molecule has 1 heterocycles. The molecule has 1 amide bonds. The van der Waals surface area contributed by atoms with Crippen LogP contribution in [-0.4, -0.2) is 29.3 Å². The number of aromatic nitrogens is 1. The molecule has 6 heteroatoms. The van der Waals surface area contributed by atoms with E-state index in [2.05, 4.69) is 10.3 Å². The molecule has 0 saturated carbocycles. The van der Waals surface area contributed by atoms with Gasteiger partial charge in [-0.25, -0.2) is 0 Å². The largest absolute Gasteiger partial charge is 0.442 e. The Morgan fingerprint density at radius 3 is 2.85 bits per heavy atom. The third-order valence-electron chi connectivity index (χ3n) is 2.84. The van der Waals surface area contributed by atoms with E-state index >= 15 is 0 Å². The lowest BCUT2D eigenvalue weighted by molar-refractivity contribution is -0.139. The molecule has 1 aromatic heterocycles. The number of ether oxygens (including phenoxy) is 1. The number of para-hydroxylation sites is 2. The number of fused-ring (bicyclic) bond motifs is 1. The number of ketones is 1. The molecule has 20 heavy (non-hydrogen) atoms. The highest BCUT2D eigenvalue weighted by molar-refractivity contribution is 6.36. The van der Waals surface area contributed by atoms with E-state index in [0.29, 0.717) is 11.1 Å². The first kappa shape index (κ1) is 14.0. The van der Waals surface area contributed by atoms with Crippen molar-refractivity contribution in [2.75, 3.05) is 6.61 Å². The molecule has 0 spiro atoms. The SMILES string of the molecule is CCC(C)NC(=O)C(=O)COc1nc2ccccc2o1. The monoisotopic (exact) mass is 276 g/mol. The number of hydrogen-bond acceptors (Lipinski definition) is 5. The topological polar surface area (TPSA) is 81.4 Å². The molecular formula is C14H16N2O4. The van der Waals surface area contributed by atoms with Crippen LogP contribution in [0, 0.1) is 0 Å². The average molecular weight is 276 g/mol. The van der Waals surface area contributed by atoms with Crippen molar-refractivity contribution in [3.63, 3.8) is 0 Å². The molecule has 6 nitrogen and oxygen atoms in total. The van der Waals surface area contributed by atoms with Gasteiger partial charge in [0.15, 0.2) is 12.2 Å². The highest BCUT2D eigenvalue weighted by Crippen LogP contribution is 2.19. The summed E-state index contributed by atoms with van der Waals surface area (Å²) in [7, 11) is 0. The van der Waals surface area contributed by atoms with E-state index in [1.807, 2.05) is 26.0 Å². The first-order chi connectivity index (χ1) is 9.60. The third kappa shape index (κ3) is 3.34. The maximum absolute atomic E-state index is 11.6. The minimum absolute atomic E-state index is 0.0177. The third-order valence-corrected chi connectivity index (χ3v) is 2.84. The van der Waals surface area contributed by atoms with Gasteiger partial charge < -0.3 is 14.5 Å². The van der Waals surface area contributed by atoms with Gasteiger partial charge in [-0.05, 0) is 25.5 Å². The van der Waals surface area contributed by atoms with Gasteiger partial charge in [-0.15, -0.1) is 0 Å². The van der Waals surface area contributed by atoms with E-state index in [0.717, 1.165) is 6.42 Å². The van der Waals surface area contributed by atoms with Crippen LogP contribution < -0.4 is 10.1 Å². The second-order valence-electron chi connectivity index (χ2n) is 4.44. The number of rotatable bonds is 6. The van der Waals surface area contributed by atoms with Crippen molar-refractivity contribution in [2.45, 2.75) is 26.3 Å². The second-order valence-corrected chi connectivity index (χ2v) is 4.44. The van der Waals surface area contributed by atoms with Crippen LogP contribution in [0.3, 0.4) is 0 Å². The predicted molar refractivity (Wildman–Crippen MR) is 72.4 cm³/mol. The Hall–Kier alpha value is -2.37. The van der Waals surface area contributed by atoms with Crippen LogP contribution in [0.4, 0.5) is 0 Å². The molecule has 2 aromatic rings. The number of nitrogens with zero attached hydrogens (tertiary/aromatic N) is 1. The van der Waals surface area contributed by atoms with E-state index < -0.39 is 18.3 Å².